The SMILES string of the molecule is Cc1ncsc1CNC(=O)C(C)(C)c1ccc(N)cc1. The second-order valence-corrected chi connectivity index (χ2v) is 6.23. The predicted molar refractivity (Wildman–Crippen MR) is 82.6 cm³/mol. The molecule has 106 valence electrons. The van der Waals surface area contributed by atoms with Crippen LogP contribution in [0, 0.1) is 6.92 Å². The van der Waals surface area contributed by atoms with Crippen molar-refractivity contribution in [2.45, 2.75) is 32.7 Å². The van der Waals surface area contributed by atoms with E-state index in [4.69, 9.17) is 5.73 Å². The topological polar surface area (TPSA) is 68.0 Å². The molecule has 0 atom stereocenters. The molecule has 0 radical (unpaired) electrons. The van der Waals surface area contributed by atoms with E-state index < -0.39 is 5.41 Å². The van der Waals surface area contributed by atoms with E-state index in [1.165, 1.54) is 0 Å². The fourth-order valence-corrected chi connectivity index (χ4v) is 2.63. The number of carbonyl (C=O) groups is 1. The van der Waals surface area contributed by atoms with E-state index in [1.807, 2.05) is 45.0 Å². The summed E-state index contributed by atoms with van der Waals surface area (Å²) in [5.74, 6) is -0.00456. The number of aromatic nitrogens is 1. The smallest absolute Gasteiger partial charge is 0.230 e. The highest BCUT2D eigenvalue weighted by atomic mass is 32.1. The van der Waals surface area contributed by atoms with Crippen LogP contribution in [0.5, 0.6) is 0 Å². The standard InChI is InChI=1S/C15H19N3OS/c1-10-13(20-9-18-10)8-17-14(19)15(2,3)11-4-6-12(16)7-5-11/h4-7,9H,8,16H2,1-3H3,(H,17,19). The molecule has 1 heterocycles. The fraction of sp³-hybridized carbons (Fsp3) is 0.333. The van der Waals surface area contributed by atoms with Gasteiger partial charge in [0, 0.05) is 10.6 Å². The lowest BCUT2D eigenvalue weighted by Gasteiger charge is -2.24. The number of nitrogens with two attached hydrogens (primary N) is 1. The van der Waals surface area contributed by atoms with Gasteiger partial charge in [-0.1, -0.05) is 12.1 Å². The Hall–Kier alpha value is -1.88. The van der Waals surface area contributed by atoms with Gasteiger partial charge in [0.25, 0.3) is 0 Å². The highest BCUT2D eigenvalue weighted by molar-refractivity contribution is 7.09. The number of nitrogen functional groups attached to an aromatic ring is 1. The summed E-state index contributed by atoms with van der Waals surface area (Å²) in [4.78, 5) is 17.7. The zero-order valence-electron chi connectivity index (χ0n) is 11.9. The Kier molecular flexibility index (Phi) is 4.09. The quantitative estimate of drug-likeness (QED) is 0.850. The molecule has 0 aliphatic carbocycles. The van der Waals surface area contributed by atoms with Crippen molar-refractivity contribution >= 4 is 22.9 Å². The van der Waals surface area contributed by atoms with Crippen LogP contribution in [0.25, 0.3) is 0 Å². The molecule has 2 rings (SSSR count). The third-order valence-corrected chi connectivity index (χ3v) is 4.39. The summed E-state index contributed by atoms with van der Waals surface area (Å²) in [6.45, 7) is 6.29. The molecule has 0 unspecified atom stereocenters. The molecule has 0 saturated heterocycles. The number of nitrogens with one attached hydrogen (secondary N) is 1. The number of amides is 1. The van der Waals surface area contributed by atoms with Gasteiger partial charge in [0.1, 0.15) is 0 Å². The average Bonchev–Trinajstić information content (AvgIpc) is 2.82. The molecule has 0 bridgehead atoms. The molecule has 0 aliphatic heterocycles. The van der Waals surface area contributed by atoms with Gasteiger partial charge in [0.15, 0.2) is 0 Å². The Bertz CT molecular complexity index is 602. The van der Waals surface area contributed by atoms with Gasteiger partial charge in [-0.15, -0.1) is 11.3 Å². The van der Waals surface area contributed by atoms with Gasteiger partial charge < -0.3 is 11.1 Å². The first-order valence-electron chi connectivity index (χ1n) is 6.44. The Morgan fingerprint density at radius 2 is 2.00 bits per heavy atom. The van der Waals surface area contributed by atoms with Crippen LogP contribution < -0.4 is 11.1 Å². The summed E-state index contributed by atoms with van der Waals surface area (Å²) in [5, 5.41) is 2.98. The summed E-state index contributed by atoms with van der Waals surface area (Å²) in [6.07, 6.45) is 0. The van der Waals surface area contributed by atoms with Crippen molar-refractivity contribution in [3.63, 3.8) is 0 Å². The van der Waals surface area contributed by atoms with Crippen LogP contribution in [-0.4, -0.2) is 10.9 Å². The van der Waals surface area contributed by atoms with Crippen molar-refractivity contribution in [3.05, 3.63) is 45.9 Å². The van der Waals surface area contributed by atoms with E-state index in [-0.39, 0.29) is 5.91 Å². The summed E-state index contributed by atoms with van der Waals surface area (Å²) in [7, 11) is 0. The number of aryl methyl sites for hydroxylation is 1. The summed E-state index contributed by atoms with van der Waals surface area (Å²) >= 11 is 1.56. The number of rotatable bonds is 4. The molecular formula is C15H19N3OS. The molecule has 0 saturated carbocycles. The van der Waals surface area contributed by atoms with Gasteiger partial charge in [-0.25, -0.2) is 4.98 Å². The molecule has 2 aromatic rings. The average molecular weight is 289 g/mol. The van der Waals surface area contributed by atoms with Crippen LogP contribution in [0.3, 0.4) is 0 Å². The first kappa shape index (κ1) is 14.5. The van der Waals surface area contributed by atoms with E-state index in [9.17, 15) is 4.79 Å². The monoisotopic (exact) mass is 289 g/mol. The third-order valence-electron chi connectivity index (χ3n) is 3.45. The van der Waals surface area contributed by atoms with Crippen molar-refractivity contribution in [2.24, 2.45) is 0 Å². The number of thiazole rings is 1. The zero-order chi connectivity index (χ0) is 14.8. The van der Waals surface area contributed by atoms with Crippen LogP contribution in [-0.2, 0) is 16.8 Å². The van der Waals surface area contributed by atoms with E-state index in [0.29, 0.717) is 12.2 Å². The minimum atomic E-state index is -0.591. The van der Waals surface area contributed by atoms with Gasteiger partial charge >= 0.3 is 0 Å². The van der Waals surface area contributed by atoms with Crippen molar-refractivity contribution in [1.82, 2.24) is 10.3 Å². The van der Waals surface area contributed by atoms with Gasteiger partial charge in [0.05, 0.1) is 23.2 Å². The number of benzene rings is 1. The molecule has 1 aromatic heterocycles. The normalized spacial score (nSPS) is 11.3. The maximum Gasteiger partial charge on any atom is 0.230 e. The van der Waals surface area contributed by atoms with Gasteiger partial charge in [-0.3, -0.25) is 4.79 Å². The molecule has 0 aliphatic rings. The maximum atomic E-state index is 12.4. The molecule has 0 spiro atoms. The van der Waals surface area contributed by atoms with Crippen LogP contribution in [0.15, 0.2) is 29.8 Å². The predicted octanol–water partition coefficient (Wildman–Crippen LogP) is 2.63. The molecule has 1 aromatic carbocycles. The minimum Gasteiger partial charge on any atom is -0.399 e. The Balaban J connectivity index is 2.07. The first-order valence-corrected chi connectivity index (χ1v) is 7.32. The second kappa shape index (κ2) is 5.63. The minimum absolute atomic E-state index is 0.00456. The molecule has 4 nitrogen and oxygen atoms in total. The molecule has 5 heteroatoms. The highest BCUT2D eigenvalue weighted by Crippen LogP contribution is 2.24. The number of carbonyl (C=O) groups excluding carboxylic acids is 1. The second-order valence-electron chi connectivity index (χ2n) is 5.29. The lowest BCUT2D eigenvalue weighted by Crippen LogP contribution is -2.39. The highest BCUT2D eigenvalue weighted by Gasteiger charge is 2.29. The largest absolute Gasteiger partial charge is 0.399 e. The third kappa shape index (κ3) is 2.99. The number of hydrogen-bond acceptors (Lipinski definition) is 4. The molecule has 3 N–H and O–H groups in total. The molecule has 0 fully saturated rings. The summed E-state index contributed by atoms with van der Waals surface area (Å²) in [6, 6.07) is 7.43. The van der Waals surface area contributed by atoms with E-state index >= 15 is 0 Å². The van der Waals surface area contributed by atoms with Crippen LogP contribution in [0.1, 0.15) is 30.0 Å². The van der Waals surface area contributed by atoms with Crippen LogP contribution in [0.4, 0.5) is 5.69 Å². The van der Waals surface area contributed by atoms with Gasteiger partial charge in [0.2, 0.25) is 5.91 Å². The summed E-state index contributed by atoms with van der Waals surface area (Å²) < 4.78 is 0. The van der Waals surface area contributed by atoms with Crippen LogP contribution in [0.2, 0.25) is 0 Å². The maximum absolute atomic E-state index is 12.4. The van der Waals surface area contributed by atoms with Crippen LogP contribution >= 0.6 is 11.3 Å². The van der Waals surface area contributed by atoms with E-state index in [0.717, 1.165) is 16.1 Å². The number of nitrogens with zero attached hydrogens (tertiary/aromatic N) is 1. The fourth-order valence-electron chi connectivity index (χ4n) is 1.91. The lowest BCUT2D eigenvalue weighted by atomic mass is 9.83. The molecular weight excluding hydrogens is 270 g/mol. The van der Waals surface area contributed by atoms with E-state index in [2.05, 4.69) is 10.3 Å². The molecule has 1 amide bonds. The van der Waals surface area contributed by atoms with Crippen molar-refractivity contribution < 1.29 is 4.79 Å². The zero-order valence-corrected chi connectivity index (χ0v) is 12.8. The van der Waals surface area contributed by atoms with Crippen molar-refractivity contribution in [3.8, 4) is 0 Å². The van der Waals surface area contributed by atoms with E-state index in [1.54, 1.807) is 16.8 Å². The van der Waals surface area contributed by atoms with Gasteiger partial charge in [-0.05, 0) is 38.5 Å². The summed E-state index contributed by atoms with van der Waals surface area (Å²) in [5.41, 5.74) is 9.50. The number of anilines is 1. The van der Waals surface area contributed by atoms with Crippen molar-refractivity contribution in [1.29, 1.82) is 0 Å². The Morgan fingerprint density at radius 3 is 2.55 bits per heavy atom. The van der Waals surface area contributed by atoms with Gasteiger partial charge in [-0.2, -0.15) is 0 Å². The van der Waals surface area contributed by atoms with Crippen molar-refractivity contribution in [2.75, 3.05) is 5.73 Å². The first-order chi connectivity index (χ1) is 9.41. The lowest BCUT2D eigenvalue weighted by molar-refractivity contribution is -0.125. The Labute approximate surface area is 123 Å². The Morgan fingerprint density at radius 1 is 1.35 bits per heavy atom. The number of hydrogen-bond donors (Lipinski definition) is 2. The molecule has 20 heavy (non-hydrogen) atoms.